The lowest BCUT2D eigenvalue weighted by molar-refractivity contribution is -0.140. The molecule has 0 atom stereocenters. The summed E-state index contributed by atoms with van der Waals surface area (Å²) < 4.78 is 9.96. The maximum absolute atomic E-state index is 11.6. The molecule has 24 heavy (non-hydrogen) atoms. The minimum atomic E-state index is -0.691. The Kier molecular flexibility index (Phi) is 6.08. The zero-order chi connectivity index (χ0) is 17.4. The lowest BCUT2D eigenvalue weighted by Crippen LogP contribution is -2.26. The molecule has 1 aliphatic heterocycles. The van der Waals surface area contributed by atoms with Gasteiger partial charge in [0.1, 0.15) is 13.2 Å². The molecule has 0 fully saturated rings. The molecule has 1 N–H and O–H groups in total. The van der Waals surface area contributed by atoms with Gasteiger partial charge in [-0.05, 0) is 11.1 Å². The lowest BCUT2D eigenvalue weighted by atomic mass is 10.1. The molecule has 0 radical (unpaired) electrons. The van der Waals surface area contributed by atoms with Crippen molar-refractivity contribution in [2.45, 2.75) is 13.0 Å². The predicted octanol–water partition coefficient (Wildman–Crippen LogP) is 1.79. The van der Waals surface area contributed by atoms with E-state index in [-0.39, 0.29) is 19.1 Å². The van der Waals surface area contributed by atoms with Crippen molar-refractivity contribution in [2.24, 2.45) is 0 Å². The summed E-state index contributed by atoms with van der Waals surface area (Å²) in [6, 6.07) is 9.19. The molecule has 1 aromatic rings. The van der Waals surface area contributed by atoms with Crippen molar-refractivity contribution in [3.05, 3.63) is 72.0 Å². The third-order valence-electron chi connectivity index (χ3n) is 3.05. The molecule has 0 saturated carbocycles. The molecule has 0 aromatic heterocycles. The molecule has 1 aliphatic rings. The van der Waals surface area contributed by atoms with Crippen LogP contribution >= 0.6 is 0 Å². The van der Waals surface area contributed by atoms with Gasteiger partial charge in [0.15, 0.2) is 0 Å². The van der Waals surface area contributed by atoms with Crippen LogP contribution in [-0.2, 0) is 30.5 Å². The first-order valence-electron chi connectivity index (χ1n) is 7.26. The molecule has 1 heterocycles. The van der Waals surface area contributed by atoms with Gasteiger partial charge < -0.3 is 14.8 Å². The summed E-state index contributed by atoms with van der Waals surface area (Å²) in [6.07, 6.45) is 3.79. The lowest BCUT2D eigenvalue weighted by Gasteiger charge is -2.15. The van der Waals surface area contributed by atoms with E-state index < -0.39 is 11.9 Å². The Bertz CT molecular complexity index is 703. The van der Waals surface area contributed by atoms with Crippen LogP contribution in [-0.4, -0.2) is 24.5 Å². The highest BCUT2D eigenvalue weighted by molar-refractivity contribution is 5.92. The smallest absolute Gasteiger partial charge is 0.331 e. The predicted molar refractivity (Wildman–Crippen MR) is 86.3 cm³/mol. The first kappa shape index (κ1) is 17.2. The van der Waals surface area contributed by atoms with Crippen LogP contribution in [0, 0.1) is 0 Å². The van der Waals surface area contributed by atoms with Crippen LogP contribution in [0.25, 0.3) is 0 Å². The Morgan fingerprint density at radius 3 is 2.33 bits per heavy atom. The summed E-state index contributed by atoms with van der Waals surface area (Å²) in [7, 11) is 0. The standard InChI is InChI=1S/C18H17NO5/c1-13-9-15(10-16(20)19-13)12-24-18(22)8-7-17(21)23-11-14-5-3-2-4-6-14/h2-8,10H,1,9,11-12H2,(H,19,20)/b8-7+. The molecule has 0 bridgehead atoms. The SMILES string of the molecule is C=C1CC(COC(=O)/C=C/C(=O)OCc2ccccc2)=CC(=O)N1. The van der Waals surface area contributed by atoms with E-state index in [4.69, 9.17) is 9.47 Å². The second kappa shape index (κ2) is 8.47. The number of benzene rings is 1. The second-order valence-electron chi connectivity index (χ2n) is 5.11. The van der Waals surface area contributed by atoms with E-state index in [2.05, 4.69) is 11.9 Å². The first-order chi connectivity index (χ1) is 11.5. The minimum Gasteiger partial charge on any atom is -0.458 e. The highest BCUT2D eigenvalue weighted by Crippen LogP contribution is 2.12. The number of ether oxygens (including phenoxy) is 2. The van der Waals surface area contributed by atoms with Gasteiger partial charge in [0.05, 0.1) is 0 Å². The maximum Gasteiger partial charge on any atom is 0.331 e. The highest BCUT2D eigenvalue weighted by Gasteiger charge is 2.13. The van der Waals surface area contributed by atoms with Crippen LogP contribution in [0.15, 0.2) is 66.4 Å². The monoisotopic (exact) mass is 327 g/mol. The summed E-state index contributed by atoms with van der Waals surface area (Å²) in [5.41, 5.74) is 2.04. The number of rotatable bonds is 6. The van der Waals surface area contributed by atoms with Gasteiger partial charge in [0.2, 0.25) is 5.91 Å². The summed E-state index contributed by atoms with van der Waals surface area (Å²) in [4.78, 5) is 34.3. The molecule has 6 nitrogen and oxygen atoms in total. The van der Waals surface area contributed by atoms with Crippen molar-refractivity contribution < 1.29 is 23.9 Å². The van der Waals surface area contributed by atoms with Crippen LogP contribution in [0.3, 0.4) is 0 Å². The van der Waals surface area contributed by atoms with Gasteiger partial charge in [-0.2, -0.15) is 0 Å². The fourth-order valence-corrected chi connectivity index (χ4v) is 1.98. The fraction of sp³-hybridized carbons (Fsp3) is 0.167. The van der Waals surface area contributed by atoms with E-state index in [1.165, 1.54) is 6.08 Å². The fourth-order valence-electron chi connectivity index (χ4n) is 1.98. The van der Waals surface area contributed by atoms with Gasteiger partial charge in [0.25, 0.3) is 0 Å². The van der Waals surface area contributed by atoms with Crippen LogP contribution < -0.4 is 5.32 Å². The van der Waals surface area contributed by atoms with Gasteiger partial charge in [-0.3, -0.25) is 4.79 Å². The van der Waals surface area contributed by atoms with Gasteiger partial charge in [-0.1, -0.05) is 36.9 Å². The van der Waals surface area contributed by atoms with E-state index in [0.29, 0.717) is 17.7 Å². The van der Waals surface area contributed by atoms with Crippen LogP contribution in [0.5, 0.6) is 0 Å². The summed E-state index contributed by atoms with van der Waals surface area (Å²) >= 11 is 0. The molecule has 0 unspecified atom stereocenters. The highest BCUT2D eigenvalue weighted by atomic mass is 16.5. The zero-order valence-electron chi connectivity index (χ0n) is 13.0. The van der Waals surface area contributed by atoms with Crippen molar-refractivity contribution >= 4 is 17.8 Å². The number of carbonyl (C=O) groups excluding carboxylic acids is 3. The number of esters is 2. The molecule has 0 aliphatic carbocycles. The van der Waals surface area contributed by atoms with Crippen LogP contribution in [0.2, 0.25) is 0 Å². The van der Waals surface area contributed by atoms with Crippen LogP contribution in [0.1, 0.15) is 12.0 Å². The molecule has 1 amide bonds. The van der Waals surface area contributed by atoms with E-state index in [9.17, 15) is 14.4 Å². The molecule has 0 saturated heterocycles. The number of amides is 1. The largest absolute Gasteiger partial charge is 0.458 e. The number of nitrogens with one attached hydrogen (secondary N) is 1. The summed E-state index contributed by atoms with van der Waals surface area (Å²) in [5.74, 6) is -1.62. The molecule has 0 spiro atoms. The average molecular weight is 327 g/mol. The van der Waals surface area contributed by atoms with E-state index in [0.717, 1.165) is 17.7 Å². The van der Waals surface area contributed by atoms with E-state index >= 15 is 0 Å². The van der Waals surface area contributed by atoms with E-state index in [1.54, 1.807) is 0 Å². The molecule has 124 valence electrons. The van der Waals surface area contributed by atoms with Crippen molar-refractivity contribution in [3.8, 4) is 0 Å². The molecule has 2 rings (SSSR count). The third kappa shape index (κ3) is 5.92. The summed E-state index contributed by atoms with van der Waals surface area (Å²) in [5, 5.41) is 2.54. The van der Waals surface area contributed by atoms with Gasteiger partial charge in [0, 0.05) is 30.3 Å². The van der Waals surface area contributed by atoms with Crippen molar-refractivity contribution in [1.82, 2.24) is 5.32 Å². The molecule has 1 aromatic carbocycles. The number of hydrogen-bond donors (Lipinski definition) is 1. The van der Waals surface area contributed by atoms with Gasteiger partial charge in [-0.15, -0.1) is 0 Å². The molecule has 6 heteroatoms. The third-order valence-corrected chi connectivity index (χ3v) is 3.05. The average Bonchev–Trinajstić information content (AvgIpc) is 2.56. The Hall–Kier alpha value is -3.15. The zero-order valence-corrected chi connectivity index (χ0v) is 13.0. The van der Waals surface area contributed by atoms with Crippen molar-refractivity contribution in [1.29, 1.82) is 0 Å². The summed E-state index contributed by atoms with van der Waals surface area (Å²) in [6.45, 7) is 3.75. The normalized spacial score (nSPS) is 14.1. The minimum absolute atomic E-state index is 0.0331. The number of hydrogen-bond acceptors (Lipinski definition) is 5. The Morgan fingerprint density at radius 1 is 1.08 bits per heavy atom. The number of carbonyl (C=O) groups is 3. The Morgan fingerprint density at radius 2 is 1.71 bits per heavy atom. The molecular weight excluding hydrogens is 310 g/mol. The second-order valence-corrected chi connectivity index (χ2v) is 5.11. The topological polar surface area (TPSA) is 81.7 Å². The maximum atomic E-state index is 11.6. The Balaban J connectivity index is 1.73. The van der Waals surface area contributed by atoms with Gasteiger partial charge >= 0.3 is 11.9 Å². The van der Waals surface area contributed by atoms with Crippen LogP contribution in [0.4, 0.5) is 0 Å². The quantitative estimate of drug-likeness (QED) is 0.636. The Labute approximate surface area is 139 Å². The van der Waals surface area contributed by atoms with E-state index in [1.807, 2.05) is 30.3 Å². The van der Waals surface area contributed by atoms with Gasteiger partial charge in [-0.25, -0.2) is 9.59 Å². The van der Waals surface area contributed by atoms with Crippen molar-refractivity contribution in [3.63, 3.8) is 0 Å². The first-order valence-corrected chi connectivity index (χ1v) is 7.26. The molecular formula is C18H17NO5. The number of allylic oxidation sites excluding steroid dienone is 1. The van der Waals surface area contributed by atoms with Crippen molar-refractivity contribution in [2.75, 3.05) is 6.61 Å².